The average Bonchev–Trinajstić information content (AvgIpc) is 3.05. The van der Waals surface area contributed by atoms with E-state index in [1.807, 2.05) is 0 Å². The lowest BCUT2D eigenvalue weighted by atomic mass is 9.78. The predicted molar refractivity (Wildman–Crippen MR) is 185 cm³/mol. The summed E-state index contributed by atoms with van der Waals surface area (Å²) in [5.74, 6) is 0.234. The van der Waals surface area contributed by atoms with Gasteiger partial charge in [0.05, 0.1) is 5.69 Å². The highest BCUT2D eigenvalue weighted by Crippen LogP contribution is 2.44. The molecule has 0 fully saturated rings. The van der Waals surface area contributed by atoms with Gasteiger partial charge in [0.2, 0.25) is 0 Å². The van der Waals surface area contributed by atoms with Gasteiger partial charge in [-0.15, -0.1) is 0 Å². The molecule has 0 aliphatic heterocycles. The third-order valence-electron chi connectivity index (χ3n) is 9.08. The third-order valence-corrected chi connectivity index (χ3v) is 9.08. The molecule has 0 amide bonds. The summed E-state index contributed by atoms with van der Waals surface area (Å²) in [7, 11) is 0. The molecule has 6 aromatic rings. The molecule has 43 heavy (non-hydrogen) atoms. The Morgan fingerprint density at radius 2 is 1.40 bits per heavy atom. The zero-order chi connectivity index (χ0) is 28.9. The molecule has 0 saturated heterocycles. The summed E-state index contributed by atoms with van der Waals surface area (Å²) in [5.41, 5.74) is 12.9. The smallest absolute Gasteiger partial charge is 0.0540 e. The van der Waals surface area contributed by atoms with Crippen molar-refractivity contribution in [2.75, 3.05) is 4.90 Å². The van der Waals surface area contributed by atoms with E-state index in [2.05, 4.69) is 164 Å². The van der Waals surface area contributed by atoms with Gasteiger partial charge in [-0.2, -0.15) is 0 Å². The molecule has 1 atom stereocenters. The largest absolute Gasteiger partial charge is 0.310 e. The lowest BCUT2D eigenvalue weighted by Crippen LogP contribution is -2.10. The summed E-state index contributed by atoms with van der Waals surface area (Å²) >= 11 is 0. The third kappa shape index (κ3) is 4.40. The second-order valence-corrected chi connectivity index (χ2v) is 11.9. The van der Waals surface area contributed by atoms with Crippen molar-refractivity contribution in [3.63, 3.8) is 0 Å². The second kappa shape index (κ2) is 10.3. The van der Waals surface area contributed by atoms with E-state index in [4.69, 9.17) is 0 Å². The highest BCUT2D eigenvalue weighted by atomic mass is 15.1. The Bertz CT molecular complexity index is 2060. The summed E-state index contributed by atoms with van der Waals surface area (Å²) < 4.78 is 0. The number of nitrogens with zero attached hydrogens (tertiary/aromatic N) is 1. The van der Waals surface area contributed by atoms with Crippen LogP contribution in [0.4, 0.5) is 17.1 Å². The number of aryl methyl sites for hydroxylation is 2. The normalized spacial score (nSPS) is 15.3. The van der Waals surface area contributed by atoms with E-state index in [0.29, 0.717) is 0 Å². The minimum absolute atomic E-state index is 0.234. The van der Waals surface area contributed by atoms with E-state index in [0.717, 1.165) is 17.8 Å². The topological polar surface area (TPSA) is 3.24 Å². The monoisotopic (exact) mass is 551 g/mol. The number of anilines is 3. The minimum atomic E-state index is 0.234. The van der Waals surface area contributed by atoms with Crippen LogP contribution < -0.4 is 4.90 Å². The van der Waals surface area contributed by atoms with E-state index in [1.54, 1.807) is 0 Å². The maximum atomic E-state index is 2.39. The minimum Gasteiger partial charge on any atom is -0.310 e. The number of allylic oxidation sites excluding steroid dienone is 5. The van der Waals surface area contributed by atoms with Crippen molar-refractivity contribution in [3.05, 3.63) is 173 Å². The van der Waals surface area contributed by atoms with Crippen LogP contribution >= 0.6 is 0 Å². The Labute approximate surface area is 253 Å². The molecule has 1 heteroatoms. The van der Waals surface area contributed by atoms with Crippen LogP contribution in [0.3, 0.4) is 0 Å². The molecule has 2 aliphatic carbocycles. The fourth-order valence-electron chi connectivity index (χ4n) is 6.85. The SMILES string of the molecule is Cc1ccc(N(c2ccc(C)cc2)c2ccc(C=CC3C=CC4=CCc5cccc6ccc3c4c56)c3ccccc23)cc1. The van der Waals surface area contributed by atoms with Crippen molar-refractivity contribution >= 4 is 50.3 Å². The number of hydrogen-bond acceptors (Lipinski definition) is 1. The van der Waals surface area contributed by atoms with Crippen LogP contribution in [0.2, 0.25) is 0 Å². The Balaban J connectivity index is 1.23. The van der Waals surface area contributed by atoms with Gasteiger partial charge in [0, 0.05) is 22.7 Å². The molecule has 6 aromatic carbocycles. The highest BCUT2D eigenvalue weighted by molar-refractivity contribution is 6.04. The molecule has 1 unspecified atom stereocenters. The number of rotatable bonds is 5. The van der Waals surface area contributed by atoms with Crippen molar-refractivity contribution in [2.24, 2.45) is 0 Å². The molecule has 1 nitrogen and oxygen atoms in total. The van der Waals surface area contributed by atoms with Crippen LogP contribution in [0.25, 0.3) is 33.2 Å². The molecule has 0 aromatic heterocycles. The number of hydrogen-bond donors (Lipinski definition) is 0. The fourth-order valence-corrected chi connectivity index (χ4v) is 6.85. The molecule has 0 N–H and O–H groups in total. The van der Waals surface area contributed by atoms with Gasteiger partial charge < -0.3 is 4.90 Å². The van der Waals surface area contributed by atoms with Crippen LogP contribution in [0, 0.1) is 13.8 Å². The standard InChI is InChI=1S/C42H33N/c1-28-10-22-35(23-11-28)43(36-24-12-29(2)13-25-36)40-27-21-30(37-8-3-4-9-39(37)40)14-15-31-16-17-34-19-18-32-6-5-7-33-20-26-38(31)42(34)41(32)33/h3-17,19-27,31H,18H2,1-2H3. The predicted octanol–water partition coefficient (Wildman–Crippen LogP) is 11.4. The van der Waals surface area contributed by atoms with E-state index in [-0.39, 0.29) is 5.92 Å². The molecule has 8 rings (SSSR count). The molecule has 0 heterocycles. The molecule has 0 radical (unpaired) electrons. The van der Waals surface area contributed by atoms with Gasteiger partial charge in [-0.3, -0.25) is 0 Å². The van der Waals surface area contributed by atoms with E-state index in [9.17, 15) is 0 Å². The van der Waals surface area contributed by atoms with Gasteiger partial charge >= 0.3 is 0 Å². The first-order valence-electron chi connectivity index (χ1n) is 15.2. The quantitative estimate of drug-likeness (QED) is 0.206. The first-order valence-corrected chi connectivity index (χ1v) is 15.2. The van der Waals surface area contributed by atoms with Gasteiger partial charge in [-0.05, 0) is 94.6 Å². The summed E-state index contributed by atoms with van der Waals surface area (Å²) in [6.45, 7) is 4.28. The van der Waals surface area contributed by atoms with Gasteiger partial charge in [0.1, 0.15) is 0 Å². The molecule has 0 spiro atoms. The first-order chi connectivity index (χ1) is 21.1. The van der Waals surface area contributed by atoms with Gasteiger partial charge in [0.15, 0.2) is 0 Å². The van der Waals surface area contributed by atoms with E-state index in [1.165, 1.54) is 66.2 Å². The van der Waals surface area contributed by atoms with Crippen LogP contribution in [-0.2, 0) is 6.42 Å². The van der Waals surface area contributed by atoms with Crippen molar-refractivity contribution in [1.82, 2.24) is 0 Å². The van der Waals surface area contributed by atoms with Crippen LogP contribution in [0.5, 0.6) is 0 Å². The van der Waals surface area contributed by atoms with Gasteiger partial charge in [-0.25, -0.2) is 0 Å². The Morgan fingerprint density at radius 3 is 2.14 bits per heavy atom. The Kier molecular flexibility index (Phi) is 6.12. The van der Waals surface area contributed by atoms with Crippen LogP contribution in [0.15, 0.2) is 140 Å². The summed E-state index contributed by atoms with van der Waals surface area (Å²) in [6, 6.07) is 42.4. The molecule has 0 saturated carbocycles. The van der Waals surface area contributed by atoms with E-state index >= 15 is 0 Å². The average molecular weight is 552 g/mol. The second-order valence-electron chi connectivity index (χ2n) is 11.9. The summed E-state index contributed by atoms with van der Waals surface area (Å²) in [4.78, 5) is 2.38. The molecular weight excluding hydrogens is 518 g/mol. The Hall–Kier alpha value is -5.14. The zero-order valence-corrected chi connectivity index (χ0v) is 24.6. The summed E-state index contributed by atoms with van der Waals surface area (Å²) in [5, 5.41) is 5.26. The van der Waals surface area contributed by atoms with Crippen molar-refractivity contribution in [2.45, 2.75) is 26.2 Å². The lowest BCUT2D eigenvalue weighted by molar-refractivity contribution is 1.06. The van der Waals surface area contributed by atoms with Crippen LogP contribution in [-0.4, -0.2) is 0 Å². The molecule has 0 bridgehead atoms. The number of fused-ring (bicyclic) bond motifs is 1. The first kappa shape index (κ1) is 25.6. The maximum Gasteiger partial charge on any atom is 0.0540 e. The van der Waals surface area contributed by atoms with Crippen molar-refractivity contribution < 1.29 is 0 Å². The fraction of sp³-hybridized carbons (Fsp3) is 0.0952. The van der Waals surface area contributed by atoms with E-state index < -0.39 is 0 Å². The lowest BCUT2D eigenvalue weighted by Gasteiger charge is -2.28. The zero-order valence-electron chi connectivity index (χ0n) is 24.6. The molecular formula is C42H33N. The van der Waals surface area contributed by atoms with Crippen LogP contribution in [0.1, 0.15) is 39.3 Å². The van der Waals surface area contributed by atoms with Gasteiger partial charge in [-0.1, -0.05) is 126 Å². The highest BCUT2D eigenvalue weighted by Gasteiger charge is 2.23. The molecule has 2 aliphatic rings. The van der Waals surface area contributed by atoms with Crippen molar-refractivity contribution in [3.8, 4) is 0 Å². The Morgan fingerprint density at radius 1 is 0.674 bits per heavy atom. The maximum absolute atomic E-state index is 2.39. The summed E-state index contributed by atoms with van der Waals surface area (Å²) in [6.07, 6.45) is 12.8. The molecule has 206 valence electrons. The van der Waals surface area contributed by atoms with Gasteiger partial charge in [0.25, 0.3) is 0 Å². The van der Waals surface area contributed by atoms with Crippen molar-refractivity contribution in [1.29, 1.82) is 0 Å². The number of benzene rings is 6.